The fraction of sp³-hybridized carbons (Fsp3) is 0.538. The molecule has 1 aromatic rings. The zero-order valence-electron chi connectivity index (χ0n) is 9.90. The summed E-state index contributed by atoms with van der Waals surface area (Å²) in [5.74, 6) is 1.31. The lowest BCUT2D eigenvalue weighted by Crippen LogP contribution is -2.26. The Morgan fingerprint density at radius 2 is 1.67 bits per heavy atom. The molecule has 1 unspecified atom stereocenters. The van der Waals surface area contributed by atoms with E-state index in [2.05, 4.69) is 19.9 Å². The zero-order valence-corrected chi connectivity index (χ0v) is 9.90. The molecule has 0 aliphatic heterocycles. The summed E-state index contributed by atoms with van der Waals surface area (Å²) < 4.78 is 5.72. The highest BCUT2D eigenvalue weighted by atomic mass is 16.5. The third-order valence-corrected chi connectivity index (χ3v) is 2.53. The van der Waals surface area contributed by atoms with Crippen LogP contribution in [0, 0.1) is 0 Å². The second-order valence-electron chi connectivity index (χ2n) is 4.26. The summed E-state index contributed by atoms with van der Waals surface area (Å²) in [7, 11) is 0. The lowest BCUT2D eigenvalue weighted by molar-refractivity contribution is 0.0597. The Bertz CT molecular complexity index is 305. The highest BCUT2D eigenvalue weighted by Gasteiger charge is 2.13. The van der Waals surface area contributed by atoms with E-state index in [1.165, 1.54) is 5.56 Å². The van der Waals surface area contributed by atoms with Crippen molar-refractivity contribution in [2.24, 2.45) is 0 Å². The number of rotatable bonds is 4. The largest absolute Gasteiger partial charge is 0.488 e. The van der Waals surface area contributed by atoms with Crippen LogP contribution in [0.15, 0.2) is 24.3 Å². The third kappa shape index (κ3) is 3.24. The van der Waals surface area contributed by atoms with E-state index in [0.717, 1.165) is 5.75 Å². The molecular weight excluding hydrogens is 188 g/mol. The molecule has 0 spiro atoms. The molecule has 0 aliphatic carbocycles. The van der Waals surface area contributed by atoms with E-state index < -0.39 is 6.10 Å². The highest BCUT2D eigenvalue weighted by Crippen LogP contribution is 2.26. The molecule has 0 saturated heterocycles. The molecule has 15 heavy (non-hydrogen) atoms. The van der Waals surface area contributed by atoms with Gasteiger partial charge in [-0.2, -0.15) is 0 Å². The van der Waals surface area contributed by atoms with Crippen LogP contribution in [-0.2, 0) is 0 Å². The smallest absolute Gasteiger partial charge is 0.123 e. The molecule has 84 valence electrons. The number of benzene rings is 1. The first-order valence-electron chi connectivity index (χ1n) is 5.46. The predicted octanol–water partition coefficient (Wildman–Crippen LogP) is 2.96. The number of aliphatic hydroxyl groups is 1. The minimum absolute atomic E-state index is 0.176. The van der Waals surface area contributed by atoms with Crippen LogP contribution in [0.3, 0.4) is 0 Å². The fourth-order valence-electron chi connectivity index (χ4n) is 1.36. The van der Waals surface area contributed by atoms with E-state index in [1.807, 2.05) is 25.1 Å². The number of para-hydroxylation sites is 1. The quantitative estimate of drug-likeness (QED) is 0.824. The van der Waals surface area contributed by atoms with Gasteiger partial charge in [-0.25, -0.2) is 0 Å². The van der Waals surface area contributed by atoms with Crippen LogP contribution in [0.4, 0.5) is 0 Å². The van der Waals surface area contributed by atoms with E-state index in [4.69, 9.17) is 4.74 Å². The molecule has 0 saturated carbocycles. The van der Waals surface area contributed by atoms with Crippen LogP contribution >= 0.6 is 0 Å². The molecule has 0 bridgehead atoms. The van der Waals surface area contributed by atoms with Crippen molar-refractivity contribution in [3.63, 3.8) is 0 Å². The second-order valence-corrected chi connectivity index (χ2v) is 4.26. The summed E-state index contributed by atoms with van der Waals surface area (Å²) >= 11 is 0. The van der Waals surface area contributed by atoms with Crippen molar-refractivity contribution in [3.8, 4) is 5.75 Å². The normalized spacial score (nSPS) is 15.1. The number of hydrogen-bond acceptors (Lipinski definition) is 2. The van der Waals surface area contributed by atoms with Gasteiger partial charge in [-0.05, 0) is 31.4 Å². The summed E-state index contributed by atoms with van der Waals surface area (Å²) in [6.45, 7) is 7.88. The molecule has 0 heterocycles. The van der Waals surface area contributed by atoms with Crippen molar-refractivity contribution in [1.29, 1.82) is 0 Å². The summed E-state index contributed by atoms with van der Waals surface area (Å²) in [6.07, 6.45) is -0.630. The molecule has 0 radical (unpaired) electrons. The number of aliphatic hydroxyl groups excluding tert-OH is 1. The summed E-state index contributed by atoms with van der Waals surface area (Å²) in [5.41, 5.74) is 1.19. The van der Waals surface area contributed by atoms with Crippen LogP contribution in [0.25, 0.3) is 0 Å². The lowest BCUT2D eigenvalue weighted by Gasteiger charge is -2.20. The van der Waals surface area contributed by atoms with Gasteiger partial charge in [0, 0.05) is 0 Å². The van der Waals surface area contributed by atoms with Gasteiger partial charge in [0.2, 0.25) is 0 Å². The Balaban J connectivity index is 2.84. The zero-order chi connectivity index (χ0) is 11.4. The summed E-state index contributed by atoms with van der Waals surface area (Å²) in [5, 5.41) is 9.39. The molecule has 0 fully saturated rings. The molecule has 2 heteroatoms. The van der Waals surface area contributed by atoms with E-state index in [-0.39, 0.29) is 6.10 Å². The summed E-state index contributed by atoms with van der Waals surface area (Å²) in [6, 6.07) is 7.98. The van der Waals surface area contributed by atoms with Gasteiger partial charge in [-0.3, -0.25) is 0 Å². The average Bonchev–Trinajstić information content (AvgIpc) is 2.18. The van der Waals surface area contributed by atoms with Crippen LogP contribution in [0.1, 0.15) is 39.2 Å². The first kappa shape index (κ1) is 12.1. The van der Waals surface area contributed by atoms with Gasteiger partial charge >= 0.3 is 0 Å². The monoisotopic (exact) mass is 208 g/mol. The molecule has 0 aromatic heterocycles. The molecule has 0 aliphatic rings. The molecule has 2 nitrogen and oxygen atoms in total. The van der Waals surface area contributed by atoms with Crippen LogP contribution in [0.5, 0.6) is 5.75 Å². The minimum Gasteiger partial charge on any atom is -0.488 e. The minimum atomic E-state index is -0.454. The Labute approximate surface area is 91.9 Å². The van der Waals surface area contributed by atoms with Crippen molar-refractivity contribution in [1.82, 2.24) is 0 Å². The molecule has 1 N–H and O–H groups in total. The van der Waals surface area contributed by atoms with Crippen LogP contribution in [0.2, 0.25) is 0 Å². The van der Waals surface area contributed by atoms with E-state index >= 15 is 0 Å². The van der Waals surface area contributed by atoms with Crippen molar-refractivity contribution in [2.45, 2.75) is 45.8 Å². The van der Waals surface area contributed by atoms with Crippen molar-refractivity contribution in [2.75, 3.05) is 0 Å². The van der Waals surface area contributed by atoms with Gasteiger partial charge in [0.25, 0.3) is 0 Å². The molecule has 1 aromatic carbocycles. The highest BCUT2D eigenvalue weighted by molar-refractivity contribution is 5.35. The molecule has 0 amide bonds. The molecular formula is C13H20O2. The van der Waals surface area contributed by atoms with Crippen molar-refractivity contribution >= 4 is 0 Å². The van der Waals surface area contributed by atoms with Gasteiger partial charge in [0.1, 0.15) is 11.9 Å². The number of hydrogen-bond donors (Lipinski definition) is 1. The fourth-order valence-corrected chi connectivity index (χ4v) is 1.36. The van der Waals surface area contributed by atoms with Gasteiger partial charge in [0.05, 0.1) is 6.10 Å². The first-order valence-corrected chi connectivity index (χ1v) is 5.46. The Morgan fingerprint density at radius 3 is 2.20 bits per heavy atom. The van der Waals surface area contributed by atoms with E-state index in [1.54, 1.807) is 6.92 Å². The SMILES string of the molecule is CC(C)c1ccccc1OC(C)[C@@H](C)O. The second kappa shape index (κ2) is 5.17. The van der Waals surface area contributed by atoms with E-state index in [0.29, 0.717) is 5.92 Å². The lowest BCUT2D eigenvalue weighted by atomic mass is 10.0. The average molecular weight is 208 g/mol. The Kier molecular flexibility index (Phi) is 4.15. The predicted molar refractivity (Wildman–Crippen MR) is 62.3 cm³/mol. The Hall–Kier alpha value is -1.02. The van der Waals surface area contributed by atoms with Gasteiger partial charge in [0.15, 0.2) is 0 Å². The van der Waals surface area contributed by atoms with Gasteiger partial charge < -0.3 is 9.84 Å². The van der Waals surface area contributed by atoms with Gasteiger partial charge in [-0.15, -0.1) is 0 Å². The maximum Gasteiger partial charge on any atom is 0.123 e. The molecule has 1 rings (SSSR count). The first-order chi connectivity index (χ1) is 7.02. The van der Waals surface area contributed by atoms with Crippen molar-refractivity contribution < 1.29 is 9.84 Å². The standard InChI is InChI=1S/C13H20O2/c1-9(2)12-7-5-6-8-13(12)15-11(4)10(3)14/h5-11,14H,1-4H3/t10-,11?/m1/s1. The van der Waals surface area contributed by atoms with Crippen LogP contribution < -0.4 is 4.74 Å². The van der Waals surface area contributed by atoms with Crippen molar-refractivity contribution in [3.05, 3.63) is 29.8 Å². The summed E-state index contributed by atoms with van der Waals surface area (Å²) in [4.78, 5) is 0. The third-order valence-electron chi connectivity index (χ3n) is 2.53. The topological polar surface area (TPSA) is 29.5 Å². The Morgan fingerprint density at radius 1 is 1.07 bits per heavy atom. The number of ether oxygens (including phenoxy) is 1. The van der Waals surface area contributed by atoms with Gasteiger partial charge in [-0.1, -0.05) is 32.0 Å². The van der Waals surface area contributed by atoms with E-state index in [9.17, 15) is 5.11 Å². The van der Waals surface area contributed by atoms with Crippen LogP contribution in [-0.4, -0.2) is 17.3 Å². The molecule has 2 atom stereocenters. The maximum absolute atomic E-state index is 9.39. The maximum atomic E-state index is 9.39.